The normalized spacial score (nSPS) is 10.9. The zero-order valence-electron chi connectivity index (χ0n) is 9.39. The van der Waals surface area contributed by atoms with Gasteiger partial charge in [-0.2, -0.15) is 0 Å². The standard InChI is InChI=1S/C9H10N4O4S/c1-13-7-6(8(16)12-9(13)17)10-4(11-7)2-18-3-5(14)15/h2-3H2,1H3,(H,10,11)(H,14,15)(H,12,16,17). The van der Waals surface area contributed by atoms with Crippen LogP contribution in [0.4, 0.5) is 0 Å². The van der Waals surface area contributed by atoms with Gasteiger partial charge in [0.15, 0.2) is 5.65 Å². The largest absolute Gasteiger partial charge is 0.481 e. The van der Waals surface area contributed by atoms with Crippen molar-refractivity contribution in [2.45, 2.75) is 5.75 Å². The van der Waals surface area contributed by atoms with Gasteiger partial charge >= 0.3 is 11.7 Å². The lowest BCUT2D eigenvalue weighted by molar-refractivity contribution is -0.133. The fourth-order valence-corrected chi connectivity index (χ4v) is 2.06. The van der Waals surface area contributed by atoms with E-state index in [9.17, 15) is 14.4 Å². The summed E-state index contributed by atoms with van der Waals surface area (Å²) in [5, 5.41) is 8.50. The number of rotatable bonds is 4. The van der Waals surface area contributed by atoms with Crippen molar-refractivity contribution in [3.63, 3.8) is 0 Å². The fourth-order valence-electron chi connectivity index (χ4n) is 1.46. The number of imidazole rings is 1. The van der Waals surface area contributed by atoms with Crippen LogP contribution in [0.5, 0.6) is 0 Å². The average Bonchev–Trinajstić information content (AvgIpc) is 2.70. The molecule has 18 heavy (non-hydrogen) atoms. The molecule has 0 saturated heterocycles. The highest BCUT2D eigenvalue weighted by atomic mass is 32.2. The number of aromatic nitrogens is 4. The van der Waals surface area contributed by atoms with Crippen molar-refractivity contribution >= 4 is 28.9 Å². The molecule has 2 heterocycles. The minimum Gasteiger partial charge on any atom is -0.481 e. The van der Waals surface area contributed by atoms with Crippen LogP contribution in [-0.4, -0.2) is 36.3 Å². The second-order valence-electron chi connectivity index (χ2n) is 3.59. The number of thioether (sulfide) groups is 1. The summed E-state index contributed by atoms with van der Waals surface area (Å²) in [6.07, 6.45) is 0. The van der Waals surface area contributed by atoms with E-state index in [0.717, 1.165) is 11.8 Å². The highest BCUT2D eigenvalue weighted by Crippen LogP contribution is 2.11. The molecule has 8 nitrogen and oxygen atoms in total. The van der Waals surface area contributed by atoms with Gasteiger partial charge in [0.2, 0.25) is 0 Å². The van der Waals surface area contributed by atoms with Crippen LogP contribution in [0.3, 0.4) is 0 Å². The number of aliphatic carboxylic acids is 1. The van der Waals surface area contributed by atoms with Crippen LogP contribution < -0.4 is 11.2 Å². The first-order valence-corrected chi connectivity index (χ1v) is 6.12. The van der Waals surface area contributed by atoms with Crippen molar-refractivity contribution in [2.75, 3.05) is 5.75 Å². The van der Waals surface area contributed by atoms with Gasteiger partial charge in [-0.25, -0.2) is 9.78 Å². The van der Waals surface area contributed by atoms with Crippen molar-refractivity contribution in [1.82, 2.24) is 19.5 Å². The first-order valence-electron chi connectivity index (χ1n) is 4.96. The highest BCUT2D eigenvalue weighted by Gasteiger charge is 2.10. The molecule has 0 amide bonds. The number of aryl methyl sites for hydroxylation is 1. The molecule has 0 aliphatic rings. The Bertz CT molecular complexity index is 713. The van der Waals surface area contributed by atoms with Crippen molar-refractivity contribution in [1.29, 1.82) is 0 Å². The molecule has 0 aliphatic heterocycles. The SMILES string of the molecule is Cn1c(=O)[nH]c(=O)c2[nH]c(CSCC(=O)O)nc21. The highest BCUT2D eigenvalue weighted by molar-refractivity contribution is 7.99. The van der Waals surface area contributed by atoms with Crippen LogP contribution >= 0.6 is 11.8 Å². The van der Waals surface area contributed by atoms with Gasteiger partial charge in [-0.05, 0) is 0 Å². The number of aromatic amines is 2. The third-order valence-electron chi connectivity index (χ3n) is 2.27. The van der Waals surface area contributed by atoms with Gasteiger partial charge in [0.1, 0.15) is 11.3 Å². The molecule has 0 saturated carbocycles. The summed E-state index contributed by atoms with van der Waals surface area (Å²) in [6.45, 7) is 0. The van der Waals surface area contributed by atoms with Crippen LogP contribution in [0, 0.1) is 0 Å². The van der Waals surface area contributed by atoms with E-state index in [1.807, 2.05) is 0 Å². The summed E-state index contributed by atoms with van der Waals surface area (Å²) in [6, 6.07) is 0. The van der Waals surface area contributed by atoms with E-state index in [0.29, 0.717) is 11.6 Å². The fraction of sp³-hybridized carbons (Fsp3) is 0.333. The number of nitrogens with zero attached hydrogens (tertiary/aromatic N) is 2. The Balaban J connectivity index is 2.36. The van der Waals surface area contributed by atoms with E-state index in [2.05, 4.69) is 15.0 Å². The topological polar surface area (TPSA) is 121 Å². The lowest BCUT2D eigenvalue weighted by Gasteiger charge is -1.94. The summed E-state index contributed by atoms with van der Waals surface area (Å²) >= 11 is 1.15. The van der Waals surface area contributed by atoms with Crippen LogP contribution in [0.2, 0.25) is 0 Å². The zero-order valence-corrected chi connectivity index (χ0v) is 10.2. The van der Waals surface area contributed by atoms with Crippen LogP contribution in [0.1, 0.15) is 5.82 Å². The Hall–Kier alpha value is -2.03. The number of carbonyl (C=O) groups is 1. The van der Waals surface area contributed by atoms with E-state index >= 15 is 0 Å². The minimum absolute atomic E-state index is 0.0493. The van der Waals surface area contributed by atoms with Crippen LogP contribution in [-0.2, 0) is 17.6 Å². The number of hydrogen-bond acceptors (Lipinski definition) is 5. The molecule has 96 valence electrons. The summed E-state index contributed by atoms with van der Waals surface area (Å²) < 4.78 is 1.22. The molecule has 0 aromatic carbocycles. The lowest BCUT2D eigenvalue weighted by atomic mass is 10.5. The molecule has 0 spiro atoms. The smallest absolute Gasteiger partial charge is 0.329 e. The molecule has 2 aromatic rings. The molecule has 0 atom stereocenters. The van der Waals surface area contributed by atoms with E-state index in [4.69, 9.17) is 5.11 Å². The Morgan fingerprint density at radius 3 is 2.83 bits per heavy atom. The van der Waals surface area contributed by atoms with Gasteiger partial charge in [-0.15, -0.1) is 11.8 Å². The maximum atomic E-state index is 11.5. The molecular formula is C9H10N4O4S. The van der Waals surface area contributed by atoms with Crippen LogP contribution in [0.15, 0.2) is 9.59 Å². The molecule has 9 heteroatoms. The molecule has 2 rings (SSSR count). The monoisotopic (exact) mass is 270 g/mol. The Kier molecular flexibility index (Phi) is 3.24. The first kappa shape index (κ1) is 12.4. The molecular weight excluding hydrogens is 260 g/mol. The summed E-state index contributed by atoms with van der Waals surface area (Å²) in [5.74, 6) is -0.176. The summed E-state index contributed by atoms with van der Waals surface area (Å²) in [4.78, 5) is 42.2. The van der Waals surface area contributed by atoms with Crippen molar-refractivity contribution in [3.8, 4) is 0 Å². The predicted molar refractivity (Wildman–Crippen MR) is 65.8 cm³/mol. The number of carboxylic acids is 1. The Labute approximate surface area is 104 Å². The molecule has 2 aromatic heterocycles. The second kappa shape index (κ2) is 4.69. The van der Waals surface area contributed by atoms with Crippen LogP contribution in [0.25, 0.3) is 11.2 Å². The van der Waals surface area contributed by atoms with Gasteiger partial charge in [-0.1, -0.05) is 0 Å². The number of H-pyrrole nitrogens is 2. The lowest BCUT2D eigenvalue weighted by Crippen LogP contribution is -2.28. The maximum absolute atomic E-state index is 11.5. The first-order chi connectivity index (χ1) is 8.49. The van der Waals surface area contributed by atoms with Gasteiger partial charge in [0.05, 0.1) is 11.5 Å². The number of carboxylic acid groups (broad SMARTS) is 1. The molecule has 3 N–H and O–H groups in total. The maximum Gasteiger partial charge on any atom is 0.329 e. The van der Waals surface area contributed by atoms with Gasteiger partial charge in [0, 0.05) is 7.05 Å². The molecule has 0 unspecified atom stereocenters. The molecule has 0 fully saturated rings. The van der Waals surface area contributed by atoms with Gasteiger partial charge in [-0.3, -0.25) is 19.1 Å². The quantitative estimate of drug-likeness (QED) is 0.673. The molecule has 0 bridgehead atoms. The van der Waals surface area contributed by atoms with Gasteiger partial charge in [0.25, 0.3) is 5.56 Å². The third kappa shape index (κ3) is 2.30. The van der Waals surface area contributed by atoms with Crippen molar-refractivity contribution in [2.24, 2.45) is 7.05 Å². The second-order valence-corrected chi connectivity index (χ2v) is 4.57. The minimum atomic E-state index is -0.915. The van der Waals surface area contributed by atoms with E-state index in [1.165, 1.54) is 11.6 Å². The van der Waals surface area contributed by atoms with Gasteiger partial charge < -0.3 is 10.1 Å². The van der Waals surface area contributed by atoms with E-state index in [1.54, 1.807) is 0 Å². The van der Waals surface area contributed by atoms with Crippen molar-refractivity contribution in [3.05, 3.63) is 26.7 Å². The number of nitrogens with one attached hydrogen (secondary N) is 2. The molecule has 0 radical (unpaired) electrons. The summed E-state index contributed by atoms with van der Waals surface area (Å²) in [5.41, 5.74) is -0.600. The predicted octanol–water partition coefficient (Wildman–Crippen LogP) is -0.732. The Morgan fingerprint density at radius 1 is 1.44 bits per heavy atom. The van der Waals surface area contributed by atoms with Crippen molar-refractivity contribution < 1.29 is 9.90 Å². The molecule has 0 aliphatic carbocycles. The van der Waals surface area contributed by atoms with E-state index < -0.39 is 17.2 Å². The van der Waals surface area contributed by atoms with E-state index in [-0.39, 0.29) is 16.9 Å². The average molecular weight is 270 g/mol. The number of hydrogen-bond donors (Lipinski definition) is 3. The third-order valence-corrected chi connectivity index (χ3v) is 3.20. The number of fused-ring (bicyclic) bond motifs is 1. The Morgan fingerprint density at radius 2 is 2.17 bits per heavy atom. The summed E-state index contributed by atoms with van der Waals surface area (Å²) in [7, 11) is 1.50. The zero-order chi connectivity index (χ0) is 13.3.